The largest absolute Gasteiger partial charge is 0.497 e. The minimum atomic E-state index is -2.60. The standard InChI is InChI=1S/C55H66N4O9Si/c1-7-67-44-22-25-48-40(31-44)32-47(56-27-11-12-29-60)53(63)59(48)41-17-15-39(16-18-41)36-58-49-26-21-43(66-4)33-46(49)55(54(58)64)37(2)52(69(5,6)45-23-19-42(65-3)20-24-45)50(68-55)34-51(62)57(28-30-61)35-38-13-9-8-10-14-38/h8-10,13-26,31,33,37,47,50,52,56,60-61H,7,11-12,27-30,32,34-36H2,1-6H3/t37-,47?,50+,52-,55+/m1/s1. The number of unbranched alkanes of at least 4 members (excludes halogenated alkanes) is 1. The van der Waals surface area contributed by atoms with Gasteiger partial charge in [0.15, 0.2) is 5.60 Å². The predicted molar refractivity (Wildman–Crippen MR) is 270 cm³/mol. The van der Waals surface area contributed by atoms with Crippen LogP contribution in [0.3, 0.4) is 0 Å². The zero-order valence-electron chi connectivity index (χ0n) is 40.7. The summed E-state index contributed by atoms with van der Waals surface area (Å²) < 4.78 is 24.5. The van der Waals surface area contributed by atoms with Crippen LogP contribution in [0.5, 0.6) is 17.2 Å². The van der Waals surface area contributed by atoms with Crippen LogP contribution in [0.25, 0.3) is 0 Å². The van der Waals surface area contributed by atoms with E-state index in [1.807, 2.05) is 110 Å². The summed E-state index contributed by atoms with van der Waals surface area (Å²) >= 11 is 0. The maximum Gasteiger partial charge on any atom is 0.264 e. The monoisotopic (exact) mass is 954 g/mol. The molecule has 1 unspecified atom stereocenters. The van der Waals surface area contributed by atoms with Crippen molar-refractivity contribution in [2.75, 3.05) is 56.9 Å². The Labute approximate surface area is 407 Å². The number of nitrogens with zero attached hydrogens (tertiary/aromatic N) is 3. The summed E-state index contributed by atoms with van der Waals surface area (Å²) in [5, 5.41) is 24.1. The van der Waals surface area contributed by atoms with E-state index in [2.05, 4.69) is 37.5 Å². The van der Waals surface area contributed by atoms with E-state index >= 15 is 4.79 Å². The smallest absolute Gasteiger partial charge is 0.264 e. The van der Waals surface area contributed by atoms with E-state index in [9.17, 15) is 19.8 Å². The normalized spacial score (nSPS) is 20.8. The topological polar surface area (TPSA) is 150 Å². The number of anilines is 3. The van der Waals surface area contributed by atoms with Crippen molar-refractivity contribution in [3.05, 3.63) is 138 Å². The zero-order valence-corrected chi connectivity index (χ0v) is 41.7. The van der Waals surface area contributed by atoms with Crippen molar-refractivity contribution < 1.29 is 43.5 Å². The van der Waals surface area contributed by atoms with Crippen LogP contribution in [0, 0.1) is 5.92 Å². The molecule has 3 aliphatic heterocycles. The Kier molecular flexibility index (Phi) is 15.3. The van der Waals surface area contributed by atoms with Gasteiger partial charge in [0.2, 0.25) is 11.8 Å². The lowest BCUT2D eigenvalue weighted by atomic mass is 9.82. The molecule has 3 N–H and O–H groups in total. The van der Waals surface area contributed by atoms with Gasteiger partial charge in [-0.25, -0.2) is 0 Å². The third kappa shape index (κ3) is 9.78. The highest BCUT2D eigenvalue weighted by atomic mass is 28.3. The molecule has 1 saturated heterocycles. The third-order valence-electron chi connectivity index (χ3n) is 14.4. The summed E-state index contributed by atoms with van der Waals surface area (Å²) in [4.78, 5) is 49.7. The molecule has 5 aromatic rings. The number of hydrogen-bond acceptors (Lipinski definition) is 10. The maximum atomic E-state index is 15.7. The second kappa shape index (κ2) is 21.3. The van der Waals surface area contributed by atoms with Gasteiger partial charge in [0.05, 0.1) is 72.0 Å². The Morgan fingerprint density at radius 2 is 1.54 bits per heavy atom. The minimum Gasteiger partial charge on any atom is -0.497 e. The first-order valence-corrected chi connectivity index (χ1v) is 27.2. The van der Waals surface area contributed by atoms with Gasteiger partial charge < -0.3 is 44.3 Å². The van der Waals surface area contributed by atoms with Crippen molar-refractivity contribution in [1.82, 2.24) is 10.2 Å². The molecule has 3 aliphatic rings. The highest BCUT2D eigenvalue weighted by Crippen LogP contribution is 2.60. The van der Waals surface area contributed by atoms with E-state index in [-0.39, 0.29) is 61.9 Å². The number of carbonyl (C=O) groups excluding carboxylic acids is 3. The molecule has 3 amide bonds. The molecule has 13 nitrogen and oxygen atoms in total. The highest BCUT2D eigenvalue weighted by molar-refractivity contribution is 6.91. The summed E-state index contributed by atoms with van der Waals surface area (Å²) in [5.74, 6) is 1.26. The van der Waals surface area contributed by atoms with Gasteiger partial charge in [0, 0.05) is 36.9 Å². The Hall–Kier alpha value is -6.03. The Balaban J connectivity index is 1.13. The summed E-state index contributed by atoms with van der Waals surface area (Å²) in [6.45, 7) is 10.4. The van der Waals surface area contributed by atoms with Gasteiger partial charge in [-0.1, -0.05) is 79.8 Å². The number of carbonyl (C=O) groups is 3. The molecule has 14 heteroatoms. The lowest BCUT2D eigenvalue weighted by Crippen LogP contribution is -2.52. The van der Waals surface area contributed by atoms with E-state index in [1.54, 1.807) is 28.9 Å². The van der Waals surface area contributed by atoms with Crippen molar-refractivity contribution in [3.63, 3.8) is 0 Å². The molecular formula is C55H66N4O9Si. The van der Waals surface area contributed by atoms with Gasteiger partial charge in [-0.3, -0.25) is 19.3 Å². The van der Waals surface area contributed by atoms with Crippen LogP contribution < -0.4 is 34.5 Å². The molecule has 69 heavy (non-hydrogen) atoms. The Morgan fingerprint density at radius 3 is 2.22 bits per heavy atom. The van der Waals surface area contributed by atoms with Gasteiger partial charge in [0.25, 0.3) is 5.91 Å². The van der Waals surface area contributed by atoms with Crippen molar-refractivity contribution >= 4 is 48.0 Å². The van der Waals surface area contributed by atoms with Gasteiger partial charge in [0.1, 0.15) is 17.2 Å². The molecule has 0 aliphatic carbocycles. The van der Waals surface area contributed by atoms with Crippen LogP contribution in [-0.2, 0) is 44.2 Å². The number of aliphatic hydroxyl groups excluding tert-OH is 2. The molecular weight excluding hydrogens is 889 g/mol. The number of nitrogens with one attached hydrogen (secondary N) is 1. The fourth-order valence-electron chi connectivity index (χ4n) is 10.9. The highest BCUT2D eigenvalue weighted by Gasteiger charge is 2.66. The molecule has 1 fully saturated rings. The number of ether oxygens (including phenoxy) is 4. The SMILES string of the molecule is CCOc1ccc2c(c1)CC(NCCCCO)C(=O)N2c1ccc(CN2C(=O)[C@@]3(O[C@@H](CC(=O)N(CCO)Cc4ccccc4)[C@H]([Si](C)(C)c4ccc(OC)cc4)[C@H]3C)c3cc(OC)ccc32)cc1. The summed E-state index contributed by atoms with van der Waals surface area (Å²) in [6.07, 6.45) is 1.29. The summed E-state index contributed by atoms with van der Waals surface area (Å²) in [7, 11) is 0.651. The number of rotatable bonds is 20. The molecule has 364 valence electrons. The second-order valence-corrected chi connectivity index (χ2v) is 23.6. The Bertz CT molecular complexity index is 2590. The van der Waals surface area contributed by atoms with E-state index < -0.39 is 25.8 Å². The first kappa shape index (κ1) is 49.4. The molecule has 5 aromatic carbocycles. The molecule has 5 atom stereocenters. The lowest BCUT2D eigenvalue weighted by Gasteiger charge is -2.37. The third-order valence-corrected chi connectivity index (χ3v) is 18.8. The Morgan fingerprint density at radius 1 is 0.841 bits per heavy atom. The molecule has 8 rings (SSSR count). The zero-order chi connectivity index (χ0) is 48.9. The van der Waals surface area contributed by atoms with Crippen molar-refractivity contribution in [3.8, 4) is 17.2 Å². The average Bonchev–Trinajstić information content (AvgIpc) is 3.78. The van der Waals surface area contributed by atoms with Crippen molar-refractivity contribution in [2.45, 2.75) is 89.0 Å². The summed E-state index contributed by atoms with van der Waals surface area (Å²) in [5.41, 5.74) is 4.04. The van der Waals surface area contributed by atoms with Crippen LogP contribution in [0.1, 0.15) is 55.4 Å². The van der Waals surface area contributed by atoms with Gasteiger partial charge in [-0.15, -0.1) is 0 Å². The average molecular weight is 955 g/mol. The minimum absolute atomic E-state index is 0.0224. The second-order valence-electron chi connectivity index (χ2n) is 18.9. The quantitative estimate of drug-likeness (QED) is 0.0539. The fourth-order valence-corrected chi connectivity index (χ4v) is 15.0. The van der Waals surface area contributed by atoms with E-state index in [4.69, 9.17) is 18.9 Å². The number of aliphatic hydroxyl groups is 2. The predicted octanol–water partition coefficient (Wildman–Crippen LogP) is 7.23. The van der Waals surface area contributed by atoms with Crippen molar-refractivity contribution in [2.24, 2.45) is 5.92 Å². The molecule has 0 saturated carbocycles. The van der Waals surface area contributed by atoms with E-state index in [0.717, 1.165) is 45.5 Å². The van der Waals surface area contributed by atoms with Gasteiger partial charge in [-0.2, -0.15) is 0 Å². The fraction of sp³-hybridized carbons (Fsp3) is 0.400. The molecule has 0 aromatic heterocycles. The first-order chi connectivity index (χ1) is 33.4. The molecule has 3 heterocycles. The van der Waals surface area contributed by atoms with Gasteiger partial charge >= 0.3 is 0 Å². The van der Waals surface area contributed by atoms with Crippen LogP contribution in [0.15, 0.2) is 115 Å². The van der Waals surface area contributed by atoms with Crippen LogP contribution in [-0.4, -0.2) is 100 Å². The maximum absolute atomic E-state index is 15.7. The lowest BCUT2D eigenvalue weighted by molar-refractivity contribution is -0.150. The van der Waals surface area contributed by atoms with Crippen molar-refractivity contribution in [1.29, 1.82) is 0 Å². The number of hydrogen-bond donors (Lipinski definition) is 3. The first-order valence-electron chi connectivity index (χ1n) is 24.2. The number of methoxy groups -OCH3 is 2. The molecule has 0 bridgehead atoms. The number of amides is 3. The summed E-state index contributed by atoms with van der Waals surface area (Å²) in [6, 6.07) is 36.7. The molecule has 1 spiro atoms. The molecule has 0 radical (unpaired) electrons. The van der Waals surface area contributed by atoms with E-state index in [0.29, 0.717) is 55.2 Å². The van der Waals surface area contributed by atoms with E-state index in [1.165, 1.54) is 0 Å². The van der Waals surface area contributed by atoms with Crippen LogP contribution >= 0.6 is 0 Å². The number of benzene rings is 5. The van der Waals surface area contributed by atoms with Crippen LogP contribution in [0.2, 0.25) is 18.6 Å². The van der Waals surface area contributed by atoms with Crippen LogP contribution in [0.4, 0.5) is 17.1 Å². The number of fused-ring (bicyclic) bond motifs is 3. The van der Waals surface area contributed by atoms with Gasteiger partial charge in [-0.05, 0) is 116 Å².